The van der Waals surface area contributed by atoms with E-state index < -0.39 is 9.84 Å². The van der Waals surface area contributed by atoms with Gasteiger partial charge in [0.15, 0.2) is 9.84 Å². The first kappa shape index (κ1) is 19.1. The number of aromatic nitrogens is 2. The number of rotatable bonds is 6. The molecule has 9 heteroatoms. The molecule has 1 saturated carbocycles. The largest absolute Gasteiger partial charge is 0.495 e. The smallest absolute Gasteiger partial charge is 0.175 e. The Kier molecular flexibility index (Phi) is 4.80. The number of aromatic amines is 1. The maximum Gasteiger partial charge on any atom is 0.175 e. The van der Waals surface area contributed by atoms with Gasteiger partial charge < -0.3 is 20.4 Å². The van der Waals surface area contributed by atoms with Gasteiger partial charge in [-0.2, -0.15) is 5.26 Å². The van der Waals surface area contributed by atoms with Gasteiger partial charge in [0.2, 0.25) is 0 Å². The minimum atomic E-state index is -3.34. The van der Waals surface area contributed by atoms with Crippen LogP contribution in [0.4, 0.5) is 17.2 Å². The summed E-state index contributed by atoms with van der Waals surface area (Å²) < 4.78 is 29.0. The zero-order valence-electron chi connectivity index (χ0n) is 16.1. The fourth-order valence-corrected chi connectivity index (χ4v) is 3.95. The topological polar surface area (TPSA) is 120 Å². The second kappa shape index (κ2) is 7.29. The predicted octanol–water partition coefficient (Wildman–Crippen LogP) is 3.55. The van der Waals surface area contributed by atoms with E-state index in [9.17, 15) is 13.7 Å². The summed E-state index contributed by atoms with van der Waals surface area (Å²) in [7, 11) is -1.86. The van der Waals surface area contributed by atoms with Crippen LogP contribution in [0, 0.1) is 11.3 Å². The number of sulfone groups is 1. The van der Waals surface area contributed by atoms with Crippen molar-refractivity contribution in [2.45, 2.75) is 30.2 Å². The average molecular weight is 411 g/mol. The number of hydrogen-bond donors (Lipinski definition) is 3. The van der Waals surface area contributed by atoms with E-state index in [-0.39, 0.29) is 4.90 Å². The standard InChI is InChI=1S/C20H21N5O3S/c1-28-17-8-14(29(2,26)27)6-7-15(17)24-18-9-16(23-13-4-3-5-13)19-12(10-21)11-22-20(19)25-18/h6-9,11,13H,3-5H2,1-2H3,(H3,22,23,24,25). The fraction of sp³-hybridized carbons (Fsp3) is 0.300. The van der Waals surface area contributed by atoms with E-state index in [0.29, 0.717) is 34.5 Å². The molecule has 4 rings (SSSR count). The van der Waals surface area contributed by atoms with Crippen LogP contribution in [0.15, 0.2) is 35.4 Å². The number of nitrogens with zero attached hydrogens (tertiary/aromatic N) is 2. The molecule has 0 unspecified atom stereocenters. The Bertz CT molecular complexity index is 1220. The summed E-state index contributed by atoms with van der Waals surface area (Å²) >= 11 is 0. The van der Waals surface area contributed by atoms with Gasteiger partial charge in [-0.05, 0) is 31.4 Å². The first-order chi connectivity index (χ1) is 13.9. The molecule has 3 aromatic rings. The van der Waals surface area contributed by atoms with Crippen molar-refractivity contribution in [2.24, 2.45) is 0 Å². The van der Waals surface area contributed by atoms with E-state index in [1.807, 2.05) is 6.07 Å². The van der Waals surface area contributed by atoms with Gasteiger partial charge in [0.1, 0.15) is 23.3 Å². The minimum Gasteiger partial charge on any atom is -0.495 e. The SMILES string of the molecule is COc1cc(S(C)(=O)=O)ccc1Nc1cc(NC2CCC2)c2c(C#N)c[nH]c2n1. The maximum absolute atomic E-state index is 11.8. The highest BCUT2D eigenvalue weighted by molar-refractivity contribution is 7.90. The molecule has 2 heterocycles. The second-order valence-electron chi connectivity index (χ2n) is 7.12. The molecule has 0 aliphatic heterocycles. The number of H-pyrrole nitrogens is 1. The number of nitriles is 1. The molecule has 0 spiro atoms. The van der Waals surface area contributed by atoms with Gasteiger partial charge in [-0.25, -0.2) is 13.4 Å². The summed E-state index contributed by atoms with van der Waals surface area (Å²) in [5.74, 6) is 0.948. The number of benzene rings is 1. The third-order valence-electron chi connectivity index (χ3n) is 5.09. The quantitative estimate of drug-likeness (QED) is 0.567. The molecule has 1 aromatic carbocycles. The van der Waals surface area contributed by atoms with Crippen molar-refractivity contribution >= 4 is 38.1 Å². The lowest BCUT2D eigenvalue weighted by molar-refractivity contribution is 0.415. The highest BCUT2D eigenvalue weighted by Gasteiger charge is 2.21. The van der Waals surface area contributed by atoms with Crippen LogP contribution >= 0.6 is 0 Å². The number of anilines is 3. The molecule has 2 aromatic heterocycles. The maximum atomic E-state index is 11.8. The number of methoxy groups -OCH3 is 1. The molecular weight excluding hydrogens is 390 g/mol. The zero-order chi connectivity index (χ0) is 20.6. The molecular formula is C20H21N5O3S. The molecule has 1 fully saturated rings. The van der Waals surface area contributed by atoms with Crippen molar-refractivity contribution in [2.75, 3.05) is 24.0 Å². The van der Waals surface area contributed by atoms with Crippen LogP contribution in [0.1, 0.15) is 24.8 Å². The summed E-state index contributed by atoms with van der Waals surface area (Å²) in [4.78, 5) is 7.79. The minimum absolute atomic E-state index is 0.179. The first-order valence-electron chi connectivity index (χ1n) is 9.23. The molecule has 150 valence electrons. The molecule has 1 aliphatic rings. The Morgan fingerprint density at radius 3 is 2.69 bits per heavy atom. The second-order valence-corrected chi connectivity index (χ2v) is 9.14. The van der Waals surface area contributed by atoms with Crippen molar-refractivity contribution < 1.29 is 13.2 Å². The summed E-state index contributed by atoms with van der Waals surface area (Å²) in [6, 6.07) is 9.10. The molecule has 1 aliphatic carbocycles. The molecule has 0 radical (unpaired) electrons. The number of hydrogen-bond acceptors (Lipinski definition) is 7. The average Bonchev–Trinajstić information content (AvgIpc) is 3.07. The Morgan fingerprint density at radius 2 is 2.07 bits per heavy atom. The van der Waals surface area contributed by atoms with Crippen molar-refractivity contribution in [1.29, 1.82) is 5.26 Å². The van der Waals surface area contributed by atoms with Crippen LogP contribution in [-0.2, 0) is 9.84 Å². The van der Waals surface area contributed by atoms with E-state index >= 15 is 0 Å². The van der Waals surface area contributed by atoms with E-state index in [4.69, 9.17) is 4.74 Å². The fourth-order valence-electron chi connectivity index (χ4n) is 3.32. The van der Waals surface area contributed by atoms with Crippen molar-refractivity contribution in [3.63, 3.8) is 0 Å². The first-order valence-corrected chi connectivity index (χ1v) is 11.1. The van der Waals surface area contributed by atoms with Gasteiger partial charge in [-0.3, -0.25) is 0 Å². The van der Waals surface area contributed by atoms with Gasteiger partial charge in [-0.15, -0.1) is 0 Å². The normalized spacial score (nSPS) is 14.2. The van der Waals surface area contributed by atoms with Gasteiger partial charge in [0.05, 0.1) is 34.3 Å². The lowest BCUT2D eigenvalue weighted by Crippen LogP contribution is -2.27. The summed E-state index contributed by atoms with van der Waals surface area (Å²) in [5, 5.41) is 16.9. The molecule has 0 atom stereocenters. The lowest BCUT2D eigenvalue weighted by Gasteiger charge is -2.28. The van der Waals surface area contributed by atoms with E-state index in [0.717, 1.165) is 30.2 Å². The monoisotopic (exact) mass is 411 g/mol. The highest BCUT2D eigenvalue weighted by Crippen LogP contribution is 2.35. The van der Waals surface area contributed by atoms with Crippen LogP contribution < -0.4 is 15.4 Å². The van der Waals surface area contributed by atoms with Crippen LogP contribution in [-0.4, -0.2) is 37.8 Å². The molecule has 0 saturated heterocycles. The van der Waals surface area contributed by atoms with Crippen molar-refractivity contribution in [3.8, 4) is 11.8 Å². The molecule has 0 bridgehead atoms. The Morgan fingerprint density at radius 1 is 1.28 bits per heavy atom. The highest BCUT2D eigenvalue weighted by atomic mass is 32.2. The molecule has 3 N–H and O–H groups in total. The number of nitrogens with one attached hydrogen (secondary N) is 3. The summed E-state index contributed by atoms with van der Waals surface area (Å²) in [6.07, 6.45) is 6.19. The van der Waals surface area contributed by atoms with E-state index in [1.165, 1.54) is 25.7 Å². The van der Waals surface area contributed by atoms with Crippen LogP contribution in [0.5, 0.6) is 5.75 Å². The lowest BCUT2D eigenvalue weighted by atomic mass is 9.93. The van der Waals surface area contributed by atoms with Gasteiger partial charge in [-0.1, -0.05) is 0 Å². The molecule has 8 nitrogen and oxygen atoms in total. The van der Waals surface area contributed by atoms with Crippen LogP contribution in [0.2, 0.25) is 0 Å². The van der Waals surface area contributed by atoms with Gasteiger partial charge >= 0.3 is 0 Å². The van der Waals surface area contributed by atoms with E-state index in [1.54, 1.807) is 12.3 Å². The third-order valence-corrected chi connectivity index (χ3v) is 6.20. The Labute approximate surface area is 168 Å². The van der Waals surface area contributed by atoms with Crippen LogP contribution in [0.3, 0.4) is 0 Å². The summed E-state index contributed by atoms with van der Waals surface area (Å²) in [6.45, 7) is 0. The predicted molar refractivity (Wildman–Crippen MR) is 111 cm³/mol. The molecule has 29 heavy (non-hydrogen) atoms. The third kappa shape index (κ3) is 3.71. The number of ether oxygens (including phenoxy) is 1. The van der Waals surface area contributed by atoms with Crippen molar-refractivity contribution in [3.05, 3.63) is 36.0 Å². The number of fused-ring (bicyclic) bond motifs is 1. The van der Waals surface area contributed by atoms with Gasteiger partial charge in [0.25, 0.3) is 0 Å². The van der Waals surface area contributed by atoms with Gasteiger partial charge in [0, 0.05) is 30.6 Å². The molecule has 0 amide bonds. The zero-order valence-corrected chi connectivity index (χ0v) is 16.9. The van der Waals surface area contributed by atoms with E-state index in [2.05, 4.69) is 26.7 Å². The Balaban J connectivity index is 1.74. The number of pyridine rings is 1. The summed E-state index contributed by atoms with van der Waals surface area (Å²) in [5.41, 5.74) is 2.57. The Hall–Kier alpha value is -3.25. The van der Waals surface area contributed by atoms with Crippen LogP contribution in [0.25, 0.3) is 11.0 Å². The van der Waals surface area contributed by atoms with Crippen molar-refractivity contribution in [1.82, 2.24) is 9.97 Å².